The Kier molecular flexibility index (Phi) is 6.05. The predicted molar refractivity (Wildman–Crippen MR) is 108 cm³/mol. The summed E-state index contributed by atoms with van der Waals surface area (Å²) in [5, 5.41) is 21.1. The number of halogens is 2. The number of phenols is 1. The molecule has 162 valence electrons. The summed E-state index contributed by atoms with van der Waals surface area (Å²) in [4.78, 5) is 36.3. The molecule has 2 aromatic carbocycles. The van der Waals surface area contributed by atoms with Gasteiger partial charge < -0.3 is 15.5 Å². The largest absolute Gasteiger partial charge is 0.505 e. The van der Waals surface area contributed by atoms with Gasteiger partial charge >= 0.3 is 5.97 Å². The molecule has 1 unspecified atom stereocenters. The van der Waals surface area contributed by atoms with E-state index in [0.717, 1.165) is 16.7 Å². The van der Waals surface area contributed by atoms with Crippen LogP contribution in [0.25, 0.3) is 10.9 Å². The number of carbonyl (C=O) groups is 3. The molecule has 1 atom stereocenters. The lowest BCUT2D eigenvalue weighted by Crippen LogP contribution is -2.35. The van der Waals surface area contributed by atoms with Crippen molar-refractivity contribution in [2.45, 2.75) is 32.7 Å². The van der Waals surface area contributed by atoms with Gasteiger partial charge in [0.1, 0.15) is 5.82 Å². The zero-order valence-electron chi connectivity index (χ0n) is 16.8. The summed E-state index contributed by atoms with van der Waals surface area (Å²) in [6, 6.07) is 6.78. The summed E-state index contributed by atoms with van der Waals surface area (Å²) in [6.07, 6.45) is -0.643. The third kappa shape index (κ3) is 4.40. The quantitative estimate of drug-likeness (QED) is 0.557. The number of phenolic OH excluding ortho intramolecular Hbond substituents is 1. The van der Waals surface area contributed by atoms with E-state index in [1.165, 1.54) is 38.1 Å². The summed E-state index contributed by atoms with van der Waals surface area (Å²) in [7, 11) is 0. The minimum Gasteiger partial charge on any atom is -0.505 e. The molecule has 1 amide bonds. The van der Waals surface area contributed by atoms with Crippen molar-refractivity contribution in [1.82, 2.24) is 9.88 Å². The van der Waals surface area contributed by atoms with E-state index in [2.05, 4.69) is 5.32 Å². The maximum atomic E-state index is 14.8. The highest BCUT2D eigenvalue weighted by atomic mass is 19.1. The average Bonchev–Trinajstić information content (AvgIpc) is 2.95. The van der Waals surface area contributed by atoms with E-state index < -0.39 is 41.2 Å². The topological polar surface area (TPSA) is 109 Å². The Hall–Kier alpha value is -3.75. The monoisotopic (exact) mass is 430 g/mol. The molecule has 0 radical (unpaired) electrons. The lowest BCUT2D eigenvalue weighted by Gasteiger charge is -2.12. The van der Waals surface area contributed by atoms with Gasteiger partial charge in [0.25, 0.3) is 5.91 Å². The fourth-order valence-corrected chi connectivity index (χ4v) is 3.55. The molecule has 0 aliphatic rings. The van der Waals surface area contributed by atoms with Crippen molar-refractivity contribution >= 4 is 28.7 Å². The summed E-state index contributed by atoms with van der Waals surface area (Å²) < 4.78 is 29.6. The van der Waals surface area contributed by atoms with Crippen LogP contribution in [0.15, 0.2) is 36.4 Å². The number of aliphatic carboxylic acids is 1. The lowest BCUT2D eigenvalue weighted by atomic mass is 10.1. The number of aromatic hydroxyl groups is 1. The molecular weight excluding hydrogens is 410 g/mol. The number of benzene rings is 2. The molecule has 0 saturated heterocycles. The SMILES string of the molecule is Cc1c(CC(=O)NC(C)CC(=O)O)c2c(F)c(O)ccc2n1C(=O)c1cccc(F)c1. The van der Waals surface area contributed by atoms with Crippen LogP contribution >= 0.6 is 0 Å². The van der Waals surface area contributed by atoms with Crippen molar-refractivity contribution in [2.24, 2.45) is 0 Å². The summed E-state index contributed by atoms with van der Waals surface area (Å²) in [5.41, 5.74) is 0.547. The molecule has 0 aliphatic carbocycles. The molecule has 3 rings (SSSR count). The molecule has 0 saturated carbocycles. The fraction of sp³-hybridized carbons (Fsp3) is 0.227. The molecule has 3 N–H and O–H groups in total. The van der Waals surface area contributed by atoms with Gasteiger partial charge in [0, 0.05) is 22.7 Å². The van der Waals surface area contributed by atoms with Crippen LogP contribution < -0.4 is 5.32 Å². The molecule has 0 bridgehead atoms. The average molecular weight is 430 g/mol. The first-order valence-electron chi connectivity index (χ1n) is 9.43. The summed E-state index contributed by atoms with van der Waals surface area (Å²) in [5.74, 6) is -4.54. The Bertz CT molecular complexity index is 1200. The lowest BCUT2D eigenvalue weighted by molar-refractivity contribution is -0.137. The first kappa shape index (κ1) is 21.9. The Balaban J connectivity index is 2.09. The Morgan fingerprint density at radius 3 is 2.52 bits per heavy atom. The Morgan fingerprint density at radius 2 is 1.87 bits per heavy atom. The predicted octanol–water partition coefficient (Wildman–Crippen LogP) is 3.14. The van der Waals surface area contributed by atoms with E-state index >= 15 is 0 Å². The number of aromatic nitrogens is 1. The van der Waals surface area contributed by atoms with Crippen molar-refractivity contribution < 1.29 is 33.4 Å². The summed E-state index contributed by atoms with van der Waals surface area (Å²) >= 11 is 0. The van der Waals surface area contributed by atoms with Crippen LogP contribution in [0.5, 0.6) is 5.75 Å². The molecule has 0 spiro atoms. The highest BCUT2D eigenvalue weighted by Gasteiger charge is 2.25. The zero-order valence-corrected chi connectivity index (χ0v) is 16.8. The molecule has 0 aliphatic heterocycles. The molecular formula is C22H20F2N2O5. The van der Waals surface area contributed by atoms with Crippen molar-refractivity contribution in [2.75, 3.05) is 0 Å². The Morgan fingerprint density at radius 1 is 1.16 bits per heavy atom. The van der Waals surface area contributed by atoms with Crippen LogP contribution in [0.2, 0.25) is 0 Å². The van der Waals surface area contributed by atoms with Crippen molar-refractivity contribution in [3.05, 3.63) is 64.9 Å². The van der Waals surface area contributed by atoms with E-state index in [0.29, 0.717) is 0 Å². The van der Waals surface area contributed by atoms with Gasteiger partial charge in [0.2, 0.25) is 5.91 Å². The highest BCUT2D eigenvalue weighted by molar-refractivity contribution is 6.05. The number of carboxylic acid groups (broad SMARTS) is 1. The molecule has 31 heavy (non-hydrogen) atoms. The molecule has 0 fully saturated rings. The van der Waals surface area contributed by atoms with Crippen LogP contribution in [0.3, 0.4) is 0 Å². The van der Waals surface area contributed by atoms with Gasteiger partial charge in [-0.2, -0.15) is 0 Å². The van der Waals surface area contributed by atoms with E-state index in [1.807, 2.05) is 0 Å². The van der Waals surface area contributed by atoms with Crippen LogP contribution in [0, 0.1) is 18.6 Å². The van der Waals surface area contributed by atoms with Gasteiger partial charge in [-0.1, -0.05) is 6.07 Å². The third-order valence-corrected chi connectivity index (χ3v) is 4.91. The molecule has 1 heterocycles. The highest BCUT2D eigenvalue weighted by Crippen LogP contribution is 2.33. The number of nitrogens with zero attached hydrogens (tertiary/aromatic N) is 1. The van der Waals surface area contributed by atoms with E-state index in [9.17, 15) is 28.3 Å². The third-order valence-electron chi connectivity index (χ3n) is 4.91. The number of carbonyl (C=O) groups excluding carboxylic acids is 2. The zero-order chi connectivity index (χ0) is 22.9. The van der Waals surface area contributed by atoms with Gasteiger partial charge in [0.15, 0.2) is 11.6 Å². The minimum atomic E-state index is -1.09. The van der Waals surface area contributed by atoms with Crippen LogP contribution in [-0.2, 0) is 16.0 Å². The second-order valence-corrected chi connectivity index (χ2v) is 7.25. The first-order valence-corrected chi connectivity index (χ1v) is 9.43. The first-order chi connectivity index (χ1) is 14.6. The molecule has 3 aromatic rings. The van der Waals surface area contributed by atoms with E-state index in [4.69, 9.17) is 5.11 Å². The van der Waals surface area contributed by atoms with Gasteiger partial charge in [-0.15, -0.1) is 0 Å². The van der Waals surface area contributed by atoms with Crippen LogP contribution in [0.4, 0.5) is 8.78 Å². The molecule has 9 heteroatoms. The van der Waals surface area contributed by atoms with Gasteiger partial charge in [0.05, 0.1) is 18.4 Å². The van der Waals surface area contributed by atoms with Crippen molar-refractivity contribution in [3.63, 3.8) is 0 Å². The van der Waals surface area contributed by atoms with Crippen molar-refractivity contribution in [3.8, 4) is 5.75 Å². The maximum absolute atomic E-state index is 14.8. The number of hydrogen-bond acceptors (Lipinski definition) is 4. The summed E-state index contributed by atoms with van der Waals surface area (Å²) in [6.45, 7) is 3.03. The standard InChI is InChI=1S/C22H20F2N2O5/c1-11(8-19(29)30)25-18(28)10-15-12(2)26(16-6-7-17(27)21(24)20(15)16)22(31)13-4-3-5-14(23)9-13/h3-7,9,11,27H,8,10H2,1-2H3,(H,25,28)(H,29,30). The fourth-order valence-electron chi connectivity index (χ4n) is 3.55. The number of amides is 1. The van der Waals surface area contributed by atoms with Gasteiger partial charge in [-0.05, 0) is 49.7 Å². The number of rotatable bonds is 6. The minimum absolute atomic E-state index is 0.0274. The molecule has 7 nitrogen and oxygen atoms in total. The molecule has 1 aromatic heterocycles. The van der Waals surface area contributed by atoms with Crippen LogP contribution in [0.1, 0.15) is 35.0 Å². The number of fused-ring (bicyclic) bond motifs is 1. The second-order valence-electron chi connectivity index (χ2n) is 7.25. The number of nitrogens with one attached hydrogen (secondary N) is 1. The van der Waals surface area contributed by atoms with Crippen LogP contribution in [-0.4, -0.2) is 38.6 Å². The normalized spacial score (nSPS) is 12.0. The van der Waals surface area contributed by atoms with E-state index in [-0.39, 0.29) is 40.6 Å². The smallest absolute Gasteiger partial charge is 0.305 e. The van der Waals surface area contributed by atoms with Gasteiger partial charge in [-0.25, -0.2) is 8.78 Å². The number of hydrogen-bond donors (Lipinski definition) is 3. The maximum Gasteiger partial charge on any atom is 0.305 e. The second kappa shape index (κ2) is 8.55. The number of carboxylic acids is 1. The van der Waals surface area contributed by atoms with Gasteiger partial charge in [-0.3, -0.25) is 19.0 Å². The Labute approximate surface area is 175 Å². The van der Waals surface area contributed by atoms with Crippen molar-refractivity contribution in [1.29, 1.82) is 0 Å². The van der Waals surface area contributed by atoms with E-state index in [1.54, 1.807) is 0 Å².